The van der Waals surface area contributed by atoms with Gasteiger partial charge in [-0.3, -0.25) is 9.59 Å². The minimum atomic E-state index is -0.438. The van der Waals surface area contributed by atoms with Crippen LogP contribution in [0.4, 0.5) is 5.69 Å². The van der Waals surface area contributed by atoms with Crippen LogP contribution in [-0.4, -0.2) is 24.9 Å². The van der Waals surface area contributed by atoms with E-state index in [1.54, 1.807) is 24.3 Å². The molecule has 0 fully saturated rings. The van der Waals surface area contributed by atoms with Crippen LogP contribution in [0.15, 0.2) is 57.7 Å². The Balaban J connectivity index is 1.94. The van der Waals surface area contributed by atoms with Crippen LogP contribution >= 0.6 is 0 Å². The molecule has 0 aliphatic heterocycles. The number of benzene rings is 2. The molecule has 0 saturated carbocycles. The minimum absolute atomic E-state index is 0.0000723. The molecule has 5 nitrogen and oxygen atoms in total. The number of rotatable bonds is 4. The summed E-state index contributed by atoms with van der Waals surface area (Å²) in [6.45, 7) is 2.70. The Kier molecular flexibility index (Phi) is 4.67. The van der Waals surface area contributed by atoms with E-state index in [4.69, 9.17) is 4.42 Å². The summed E-state index contributed by atoms with van der Waals surface area (Å²) in [6.07, 6.45) is 0. The van der Waals surface area contributed by atoms with Gasteiger partial charge >= 0.3 is 0 Å². The third-order valence-electron chi connectivity index (χ3n) is 3.85. The monoisotopic (exact) mass is 336 g/mol. The van der Waals surface area contributed by atoms with E-state index in [-0.39, 0.29) is 11.2 Å². The van der Waals surface area contributed by atoms with Crippen molar-refractivity contribution in [3.8, 4) is 0 Å². The lowest BCUT2D eigenvalue weighted by molar-refractivity contribution is 0.0997. The molecule has 1 N–H and O–H groups in total. The first-order valence-corrected chi connectivity index (χ1v) is 8.02. The van der Waals surface area contributed by atoms with Crippen LogP contribution in [0.3, 0.4) is 0 Å². The second-order valence-electron chi connectivity index (χ2n) is 6.32. The van der Waals surface area contributed by atoms with Gasteiger partial charge in [0.25, 0.3) is 5.91 Å². The van der Waals surface area contributed by atoms with Crippen molar-refractivity contribution in [1.82, 2.24) is 4.90 Å². The van der Waals surface area contributed by atoms with Crippen molar-refractivity contribution in [2.45, 2.75) is 13.5 Å². The van der Waals surface area contributed by atoms with E-state index >= 15 is 0 Å². The summed E-state index contributed by atoms with van der Waals surface area (Å²) < 4.78 is 5.60. The molecule has 0 bridgehead atoms. The summed E-state index contributed by atoms with van der Waals surface area (Å²) in [6, 6.07) is 14.0. The second kappa shape index (κ2) is 6.91. The summed E-state index contributed by atoms with van der Waals surface area (Å²) >= 11 is 0. The highest BCUT2D eigenvalue weighted by molar-refractivity contribution is 6.03. The van der Waals surface area contributed by atoms with E-state index in [1.807, 2.05) is 44.1 Å². The zero-order chi connectivity index (χ0) is 18.0. The normalized spacial score (nSPS) is 11.0. The number of nitrogens with zero attached hydrogens (tertiary/aromatic N) is 1. The van der Waals surface area contributed by atoms with E-state index in [2.05, 4.69) is 5.32 Å². The SMILES string of the molecule is Cc1ccc(NC(=O)c2cc(=O)c3ccccc3o2)c(CN(C)C)c1. The predicted octanol–water partition coefficient (Wildman–Crippen LogP) is 3.42. The van der Waals surface area contributed by atoms with Crippen LogP contribution in [0.25, 0.3) is 11.0 Å². The minimum Gasteiger partial charge on any atom is -0.451 e. The highest BCUT2D eigenvalue weighted by Gasteiger charge is 2.14. The molecule has 0 saturated heterocycles. The zero-order valence-corrected chi connectivity index (χ0v) is 14.5. The fraction of sp³-hybridized carbons (Fsp3) is 0.200. The first-order chi connectivity index (χ1) is 11.9. The van der Waals surface area contributed by atoms with Crippen molar-refractivity contribution in [1.29, 1.82) is 0 Å². The molecule has 3 aromatic rings. The zero-order valence-electron chi connectivity index (χ0n) is 14.5. The number of fused-ring (bicyclic) bond motifs is 1. The Labute approximate surface area is 145 Å². The molecule has 128 valence electrons. The predicted molar refractivity (Wildman–Crippen MR) is 99.0 cm³/mol. The molecular weight excluding hydrogens is 316 g/mol. The number of carbonyl (C=O) groups excluding carboxylic acids is 1. The van der Waals surface area contributed by atoms with Crippen molar-refractivity contribution >= 4 is 22.6 Å². The number of carbonyl (C=O) groups is 1. The van der Waals surface area contributed by atoms with Crippen molar-refractivity contribution in [3.05, 3.63) is 75.6 Å². The van der Waals surface area contributed by atoms with Gasteiger partial charge in [-0.25, -0.2) is 0 Å². The lowest BCUT2D eigenvalue weighted by atomic mass is 10.1. The smallest absolute Gasteiger partial charge is 0.291 e. The number of aryl methyl sites for hydroxylation is 1. The van der Waals surface area contributed by atoms with E-state index in [1.165, 1.54) is 6.07 Å². The van der Waals surface area contributed by atoms with E-state index in [0.29, 0.717) is 23.2 Å². The molecule has 0 aliphatic carbocycles. The molecule has 0 spiro atoms. The Morgan fingerprint density at radius 3 is 2.64 bits per heavy atom. The average Bonchev–Trinajstić information content (AvgIpc) is 2.56. The van der Waals surface area contributed by atoms with Gasteiger partial charge in [0.15, 0.2) is 11.2 Å². The molecule has 0 atom stereocenters. The molecule has 0 unspecified atom stereocenters. The van der Waals surface area contributed by atoms with Gasteiger partial charge in [-0.1, -0.05) is 29.8 Å². The van der Waals surface area contributed by atoms with Gasteiger partial charge in [0, 0.05) is 18.3 Å². The first kappa shape index (κ1) is 16.9. The lowest BCUT2D eigenvalue weighted by Gasteiger charge is -2.15. The summed E-state index contributed by atoms with van der Waals surface area (Å²) in [7, 11) is 3.94. The maximum absolute atomic E-state index is 12.6. The van der Waals surface area contributed by atoms with Gasteiger partial charge in [0.2, 0.25) is 0 Å². The van der Waals surface area contributed by atoms with E-state index < -0.39 is 5.91 Å². The third kappa shape index (κ3) is 3.78. The Morgan fingerprint density at radius 2 is 1.88 bits per heavy atom. The lowest BCUT2D eigenvalue weighted by Crippen LogP contribution is -2.18. The van der Waals surface area contributed by atoms with Crippen LogP contribution in [0.2, 0.25) is 0 Å². The Morgan fingerprint density at radius 1 is 1.12 bits per heavy atom. The molecular formula is C20H20N2O3. The van der Waals surface area contributed by atoms with Crippen LogP contribution in [-0.2, 0) is 6.54 Å². The molecule has 5 heteroatoms. The Bertz CT molecular complexity index is 990. The number of nitrogens with one attached hydrogen (secondary N) is 1. The molecule has 0 radical (unpaired) electrons. The molecule has 1 heterocycles. The second-order valence-corrected chi connectivity index (χ2v) is 6.32. The summed E-state index contributed by atoms with van der Waals surface area (Å²) in [5.41, 5.74) is 3.00. The number of hydrogen-bond acceptors (Lipinski definition) is 4. The Hall–Kier alpha value is -2.92. The average molecular weight is 336 g/mol. The topological polar surface area (TPSA) is 62.6 Å². The number of amides is 1. The fourth-order valence-corrected chi connectivity index (χ4v) is 2.72. The standard InChI is InChI=1S/C20H20N2O3/c1-13-8-9-16(14(10-13)12-22(2)3)21-20(24)19-11-17(23)15-6-4-5-7-18(15)25-19/h4-11H,12H2,1-3H3,(H,21,24). The summed E-state index contributed by atoms with van der Waals surface area (Å²) in [5, 5.41) is 3.31. The molecule has 1 aromatic heterocycles. The van der Waals surface area contributed by atoms with Gasteiger partial charge in [-0.2, -0.15) is 0 Å². The van der Waals surface area contributed by atoms with Gasteiger partial charge in [0.1, 0.15) is 5.58 Å². The van der Waals surface area contributed by atoms with E-state index in [9.17, 15) is 9.59 Å². The number of anilines is 1. The largest absolute Gasteiger partial charge is 0.451 e. The van der Waals surface area contributed by atoms with Gasteiger partial charge in [-0.05, 0) is 44.8 Å². The van der Waals surface area contributed by atoms with Gasteiger partial charge in [-0.15, -0.1) is 0 Å². The fourth-order valence-electron chi connectivity index (χ4n) is 2.72. The van der Waals surface area contributed by atoms with Crippen LogP contribution in [0, 0.1) is 6.92 Å². The van der Waals surface area contributed by atoms with Crippen molar-refractivity contribution in [2.24, 2.45) is 0 Å². The van der Waals surface area contributed by atoms with Gasteiger partial charge < -0.3 is 14.6 Å². The van der Waals surface area contributed by atoms with Crippen LogP contribution < -0.4 is 10.7 Å². The first-order valence-electron chi connectivity index (χ1n) is 8.02. The quantitative estimate of drug-likeness (QED) is 0.793. The van der Waals surface area contributed by atoms with E-state index in [0.717, 1.165) is 11.1 Å². The molecule has 25 heavy (non-hydrogen) atoms. The maximum atomic E-state index is 12.6. The van der Waals surface area contributed by atoms with Crippen LogP contribution in [0.1, 0.15) is 21.7 Å². The highest BCUT2D eigenvalue weighted by atomic mass is 16.3. The van der Waals surface area contributed by atoms with Crippen molar-refractivity contribution in [3.63, 3.8) is 0 Å². The molecule has 0 aliphatic rings. The van der Waals surface area contributed by atoms with Crippen LogP contribution in [0.5, 0.6) is 0 Å². The highest BCUT2D eigenvalue weighted by Crippen LogP contribution is 2.20. The van der Waals surface area contributed by atoms with Gasteiger partial charge in [0.05, 0.1) is 5.39 Å². The summed E-state index contributed by atoms with van der Waals surface area (Å²) in [4.78, 5) is 26.8. The van der Waals surface area contributed by atoms with Crippen molar-refractivity contribution < 1.29 is 9.21 Å². The molecule has 2 aromatic carbocycles. The van der Waals surface area contributed by atoms with Crippen molar-refractivity contribution in [2.75, 3.05) is 19.4 Å². The number of hydrogen-bond donors (Lipinski definition) is 1. The third-order valence-corrected chi connectivity index (χ3v) is 3.85. The number of para-hydroxylation sites is 1. The summed E-state index contributed by atoms with van der Waals surface area (Å²) in [5.74, 6) is -0.438. The molecule has 1 amide bonds. The maximum Gasteiger partial charge on any atom is 0.291 e. The molecule has 3 rings (SSSR count).